The highest BCUT2D eigenvalue weighted by Crippen LogP contribution is 2.28. The van der Waals surface area contributed by atoms with Crippen LogP contribution < -0.4 is 4.31 Å². The van der Waals surface area contributed by atoms with Gasteiger partial charge in [0.2, 0.25) is 0 Å². The molecular formula is C14H13ClFNO6S. The number of benzene rings is 1. The molecule has 1 aromatic carbocycles. The van der Waals surface area contributed by atoms with E-state index in [0.717, 1.165) is 24.2 Å². The van der Waals surface area contributed by atoms with Gasteiger partial charge in [-0.1, -0.05) is 11.6 Å². The number of halogens is 2. The van der Waals surface area contributed by atoms with Crippen LogP contribution in [0.4, 0.5) is 10.1 Å². The van der Waals surface area contributed by atoms with Crippen LogP contribution in [0.1, 0.15) is 6.92 Å². The van der Waals surface area contributed by atoms with Gasteiger partial charge in [-0.15, -0.1) is 0 Å². The van der Waals surface area contributed by atoms with Crippen LogP contribution in [-0.4, -0.2) is 40.5 Å². The van der Waals surface area contributed by atoms with E-state index < -0.39 is 29.3 Å². The van der Waals surface area contributed by atoms with E-state index in [0.29, 0.717) is 0 Å². The minimum atomic E-state index is -1.64. The number of rotatable bonds is 8. The maximum atomic E-state index is 13.3. The molecule has 24 heavy (non-hydrogen) atoms. The molecule has 0 bridgehead atoms. The molecule has 0 saturated carbocycles. The van der Waals surface area contributed by atoms with E-state index in [2.05, 4.69) is 0 Å². The Morgan fingerprint density at radius 3 is 2.46 bits per heavy atom. The number of carboxylic acids is 2. The minimum Gasteiger partial charge on any atom is -0.477 e. The van der Waals surface area contributed by atoms with Crippen LogP contribution in [0.25, 0.3) is 0 Å². The van der Waals surface area contributed by atoms with Gasteiger partial charge < -0.3 is 14.9 Å². The molecule has 1 aromatic rings. The standard InChI is InChI=1S/C14H13ClFNO6S/c1-8(18)23-4-5-24-17(7-10(13(19)20)14(21)22)9-2-3-12(16)11(15)6-9/h2-3,6-7H,4-5H2,1H3,(H,19,20)(H,21,22). The Bertz CT molecular complexity index is 665. The third-order valence-corrected chi connectivity index (χ3v) is 3.72. The number of carbonyl (C=O) groups is 3. The summed E-state index contributed by atoms with van der Waals surface area (Å²) in [5.41, 5.74) is -0.635. The minimum absolute atomic E-state index is 0.0226. The average Bonchev–Trinajstić information content (AvgIpc) is 2.48. The van der Waals surface area contributed by atoms with E-state index in [4.69, 9.17) is 26.6 Å². The molecule has 0 aliphatic heterocycles. The molecule has 0 saturated heterocycles. The second kappa shape index (κ2) is 9.14. The van der Waals surface area contributed by atoms with Crippen LogP contribution in [-0.2, 0) is 19.1 Å². The van der Waals surface area contributed by atoms with Crippen molar-refractivity contribution in [1.29, 1.82) is 0 Å². The normalized spacial score (nSPS) is 9.96. The van der Waals surface area contributed by atoms with E-state index in [-0.39, 0.29) is 23.1 Å². The van der Waals surface area contributed by atoms with Gasteiger partial charge in [0, 0.05) is 18.9 Å². The van der Waals surface area contributed by atoms with Crippen LogP contribution in [0, 0.1) is 5.82 Å². The fourth-order valence-electron chi connectivity index (χ4n) is 1.45. The number of carboxylic acid groups (broad SMARTS) is 2. The molecule has 0 spiro atoms. The molecule has 0 amide bonds. The first-order valence-electron chi connectivity index (χ1n) is 6.41. The summed E-state index contributed by atoms with van der Waals surface area (Å²) in [6, 6.07) is 3.58. The monoisotopic (exact) mass is 377 g/mol. The van der Waals surface area contributed by atoms with Crippen molar-refractivity contribution in [2.24, 2.45) is 0 Å². The van der Waals surface area contributed by atoms with Crippen molar-refractivity contribution in [2.75, 3.05) is 16.7 Å². The molecule has 0 atom stereocenters. The summed E-state index contributed by atoms with van der Waals surface area (Å²) < 4.78 is 19.2. The third-order valence-electron chi connectivity index (χ3n) is 2.48. The smallest absolute Gasteiger partial charge is 0.344 e. The molecule has 0 aromatic heterocycles. The summed E-state index contributed by atoms with van der Waals surface area (Å²) in [5, 5.41) is 17.7. The maximum absolute atomic E-state index is 13.3. The lowest BCUT2D eigenvalue weighted by atomic mass is 10.2. The van der Waals surface area contributed by atoms with Crippen molar-refractivity contribution in [3.05, 3.63) is 40.8 Å². The van der Waals surface area contributed by atoms with E-state index in [1.165, 1.54) is 23.4 Å². The molecule has 0 unspecified atom stereocenters. The van der Waals surface area contributed by atoms with E-state index in [1.54, 1.807) is 0 Å². The van der Waals surface area contributed by atoms with Crippen LogP contribution in [0.15, 0.2) is 30.0 Å². The Morgan fingerprint density at radius 1 is 1.33 bits per heavy atom. The van der Waals surface area contributed by atoms with Gasteiger partial charge in [-0.25, -0.2) is 14.0 Å². The maximum Gasteiger partial charge on any atom is 0.344 e. The van der Waals surface area contributed by atoms with Crippen LogP contribution >= 0.6 is 23.5 Å². The van der Waals surface area contributed by atoms with E-state index >= 15 is 0 Å². The predicted molar refractivity (Wildman–Crippen MR) is 86.3 cm³/mol. The van der Waals surface area contributed by atoms with E-state index in [9.17, 15) is 18.8 Å². The average molecular weight is 378 g/mol. The molecule has 0 aliphatic rings. The highest BCUT2D eigenvalue weighted by molar-refractivity contribution is 8.00. The number of nitrogens with zero attached hydrogens (tertiary/aromatic N) is 1. The lowest BCUT2D eigenvalue weighted by molar-refractivity contribution is -0.141. The Hall–Kier alpha value is -2.26. The molecule has 0 fully saturated rings. The number of hydrogen-bond donors (Lipinski definition) is 2. The summed E-state index contributed by atoms with van der Waals surface area (Å²) >= 11 is 6.66. The summed E-state index contributed by atoms with van der Waals surface area (Å²) in [4.78, 5) is 32.7. The summed E-state index contributed by atoms with van der Waals surface area (Å²) in [6.07, 6.45) is 0.868. The second-order valence-corrected chi connectivity index (χ2v) is 5.72. The number of ether oxygens (including phenoxy) is 1. The SMILES string of the molecule is CC(=O)OCCSN(C=C(C(=O)O)C(=O)O)c1ccc(F)c(Cl)c1. The van der Waals surface area contributed by atoms with Gasteiger partial charge >= 0.3 is 17.9 Å². The quantitative estimate of drug-likeness (QED) is 0.178. The lowest BCUT2D eigenvalue weighted by Gasteiger charge is -2.20. The van der Waals surface area contributed by atoms with Crippen molar-refractivity contribution < 1.29 is 33.7 Å². The zero-order valence-corrected chi connectivity index (χ0v) is 13.9. The largest absolute Gasteiger partial charge is 0.477 e. The first-order chi connectivity index (χ1) is 11.2. The van der Waals surface area contributed by atoms with Crippen molar-refractivity contribution in [1.82, 2.24) is 0 Å². The lowest BCUT2D eigenvalue weighted by Crippen LogP contribution is -2.18. The highest BCUT2D eigenvalue weighted by atomic mass is 35.5. The van der Waals surface area contributed by atoms with Gasteiger partial charge in [0.25, 0.3) is 0 Å². The van der Waals surface area contributed by atoms with Gasteiger partial charge in [0.05, 0.1) is 10.7 Å². The number of aliphatic carboxylic acids is 2. The molecule has 0 radical (unpaired) electrons. The number of hydrogen-bond acceptors (Lipinski definition) is 6. The van der Waals surface area contributed by atoms with Crippen molar-refractivity contribution >= 4 is 47.1 Å². The molecule has 0 heterocycles. The third kappa shape index (κ3) is 6.09. The molecule has 2 N–H and O–H groups in total. The summed E-state index contributed by atoms with van der Waals surface area (Å²) in [5.74, 6) is -4.23. The van der Waals surface area contributed by atoms with Gasteiger partial charge in [0.1, 0.15) is 12.4 Å². The van der Waals surface area contributed by atoms with Crippen molar-refractivity contribution in [3.63, 3.8) is 0 Å². The van der Waals surface area contributed by atoms with Gasteiger partial charge in [-0.3, -0.25) is 9.10 Å². The molecule has 1 rings (SSSR count). The molecule has 0 aliphatic carbocycles. The topological polar surface area (TPSA) is 104 Å². The first-order valence-corrected chi connectivity index (χ1v) is 7.73. The predicted octanol–water partition coefficient (Wildman–Crippen LogP) is 2.55. The van der Waals surface area contributed by atoms with Crippen LogP contribution in [0.3, 0.4) is 0 Å². The first kappa shape index (κ1) is 19.8. The van der Waals surface area contributed by atoms with Gasteiger partial charge in [-0.05, 0) is 30.1 Å². The number of anilines is 1. The summed E-state index contributed by atoms with van der Waals surface area (Å²) in [6.45, 7) is 1.25. The number of esters is 1. The van der Waals surface area contributed by atoms with Crippen LogP contribution in [0.2, 0.25) is 5.02 Å². The van der Waals surface area contributed by atoms with Crippen LogP contribution in [0.5, 0.6) is 0 Å². The van der Waals surface area contributed by atoms with Gasteiger partial charge in [0.15, 0.2) is 5.57 Å². The van der Waals surface area contributed by atoms with E-state index in [1.807, 2.05) is 0 Å². The van der Waals surface area contributed by atoms with Crippen molar-refractivity contribution in [3.8, 4) is 0 Å². The highest BCUT2D eigenvalue weighted by Gasteiger charge is 2.19. The Balaban J connectivity index is 3.08. The number of carbonyl (C=O) groups excluding carboxylic acids is 1. The molecule has 10 heteroatoms. The zero-order valence-electron chi connectivity index (χ0n) is 12.4. The second-order valence-electron chi connectivity index (χ2n) is 4.25. The molecule has 7 nitrogen and oxygen atoms in total. The molecule has 130 valence electrons. The van der Waals surface area contributed by atoms with Crippen molar-refractivity contribution in [2.45, 2.75) is 6.92 Å². The Labute approximate surface area is 145 Å². The molecular weight excluding hydrogens is 365 g/mol. The summed E-state index contributed by atoms with van der Waals surface area (Å²) in [7, 11) is 0. The zero-order chi connectivity index (χ0) is 18.3. The van der Waals surface area contributed by atoms with Gasteiger partial charge in [-0.2, -0.15) is 0 Å². The fraction of sp³-hybridized carbons (Fsp3) is 0.214. The fourth-order valence-corrected chi connectivity index (χ4v) is 2.42. The Kier molecular flexibility index (Phi) is 7.53. The Morgan fingerprint density at radius 2 is 1.96 bits per heavy atom.